The summed E-state index contributed by atoms with van der Waals surface area (Å²) >= 11 is 17.3. The summed E-state index contributed by atoms with van der Waals surface area (Å²) < 4.78 is 0. The highest BCUT2D eigenvalue weighted by Gasteiger charge is 2.10. The quantitative estimate of drug-likeness (QED) is 0.448. The van der Waals surface area contributed by atoms with E-state index < -0.39 is 0 Å². The van der Waals surface area contributed by atoms with Crippen molar-refractivity contribution in [1.82, 2.24) is 0 Å². The lowest BCUT2D eigenvalue weighted by Gasteiger charge is -2.04. The normalized spacial score (nSPS) is 9.58. The fraction of sp³-hybridized carbons (Fsp3) is 0.125. The Labute approximate surface area is 85.7 Å². The van der Waals surface area contributed by atoms with E-state index in [0.29, 0.717) is 26.3 Å². The maximum Gasteiger partial charge on any atom is 0.207 e. The average molecular weight is 220 g/mol. The Hall–Kier alpha value is -0.420. The molecule has 0 saturated carbocycles. The number of rotatable bonds is 0. The fourth-order valence-electron chi connectivity index (χ4n) is 0.796. The first-order chi connectivity index (χ1) is 5.57. The summed E-state index contributed by atoms with van der Waals surface area (Å²) in [5, 5.41) is 1.15. The molecule has 0 aliphatic carbocycles. The summed E-state index contributed by atoms with van der Waals surface area (Å²) in [6.07, 6.45) is 0. The summed E-state index contributed by atoms with van der Waals surface area (Å²) in [6.45, 7) is 8.51. The van der Waals surface area contributed by atoms with Gasteiger partial charge in [0, 0.05) is 5.02 Å². The van der Waals surface area contributed by atoms with Gasteiger partial charge in [0.1, 0.15) is 0 Å². The highest BCUT2D eigenvalue weighted by molar-refractivity contribution is 6.44. The summed E-state index contributed by atoms with van der Waals surface area (Å²) in [5.41, 5.74) is 0.986. The van der Waals surface area contributed by atoms with Crippen LogP contribution in [0.5, 0.6) is 0 Å². The number of nitrogens with zero attached hydrogens (tertiary/aromatic N) is 1. The Kier molecular flexibility index (Phi) is 2.85. The van der Waals surface area contributed by atoms with Gasteiger partial charge in [-0.05, 0) is 18.6 Å². The predicted octanol–water partition coefficient (Wildman–Crippen LogP) is 4.51. The van der Waals surface area contributed by atoms with Crippen LogP contribution in [0.2, 0.25) is 15.1 Å². The summed E-state index contributed by atoms with van der Waals surface area (Å²) in [6, 6.07) is 1.46. The largest absolute Gasteiger partial charge is 0.237 e. The third-order valence-corrected chi connectivity index (χ3v) is 2.84. The second kappa shape index (κ2) is 3.53. The highest BCUT2D eigenvalue weighted by atomic mass is 35.5. The SMILES string of the molecule is [C-]#[N+]c1cc(Cl)c(Cl)c(C)c1Cl. The van der Waals surface area contributed by atoms with Crippen molar-refractivity contribution in [2.45, 2.75) is 6.92 Å². The zero-order chi connectivity index (χ0) is 9.30. The highest BCUT2D eigenvalue weighted by Crippen LogP contribution is 2.38. The zero-order valence-electron chi connectivity index (χ0n) is 6.16. The van der Waals surface area contributed by atoms with Gasteiger partial charge in [0.25, 0.3) is 0 Å². The second-order valence-electron chi connectivity index (χ2n) is 2.24. The van der Waals surface area contributed by atoms with Gasteiger partial charge >= 0.3 is 0 Å². The van der Waals surface area contributed by atoms with Gasteiger partial charge in [-0.2, -0.15) is 0 Å². The van der Waals surface area contributed by atoms with Gasteiger partial charge in [0.05, 0.1) is 16.6 Å². The maximum atomic E-state index is 6.79. The molecule has 0 fully saturated rings. The smallest absolute Gasteiger partial charge is 0.207 e. The van der Waals surface area contributed by atoms with Crippen molar-refractivity contribution in [3.05, 3.63) is 38.1 Å². The zero-order valence-corrected chi connectivity index (χ0v) is 8.43. The van der Waals surface area contributed by atoms with Gasteiger partial charge in [0.2, 0.25) is 5.69 Å². The molecule has 0 saturated heterocycles. The number of halogens is 3. The molecule has 0 spiro atoms. The van der Waals surface area contributed by atoms with E-state index in [1.165, 1.54) is 6.07 Å². The van der Waals surface area contributed by atoms with Crippen molar-refractivity contribution >= 4 is 40.5 Å². The predicted molar refractivity (Wildman–Crippen MR) is 52.5 cm³/mol. The van der Waals surface area contributed by atoms with E-state index >= 15 is 0 Å². The third-order valence-electron chi connectivity index (χ3n) is 1.48. The van der Waals surface area contributed by atoms with E-state index in [1.807, 2.05) is 0 Å². The summed E-state index contributed by atoms with van der Waals surface area (Å²) in [5.74, 6) is 0. The van der Waals surface area contributed by atoms with E-state index in [2.05, 4.69) is 4.85 Å². The lowest BCUT2D eigenvalue weighted by atomic mass is 10.2. The van der Waals surface area contributed by atoms with Gasteiger partial charge in [0.15, 0.2) is 0 Å². The van der Waals surface area contributed by atoms with Crippen LogP contribution in [0.15, 0.2) is 6.07 Å². The molecule has 0 heterocycles. The van der Waals surface area contributed by atoms with Crippen LogP contribution in [0.25, 0.3) is 4.85 Å². The molecule has 62 valence electrons. The summed E-state index contributed by atoms with van der Waals surface area (Å²) in [4.78, 5) is 3.21. The lowest BCUT2D eigenvalue weighted by Crippen LogP contribution is -1.79. The van der Waals surface area contributed by atoms with Crippen LogP contribution in [-0.4, -0.2) is 0 Å². The van der Waals surface area contributed by atoms with E-state index in [-0.39, 0.29) is 0 Å². The van der Waals surface area contributed by atoms with Gasteiger partial charge in [-0.1, -0.05) is 34.8 Å². The Balaban J connectivity index is 3.52. The molecule has 1 nitrogen and oxygen atoms in total. The molecule has 0 amide bonds. The van der Waals surface area contributed by atoms with Crippen LogP contribution in [0, 0.1) is 13.5 Å². The average Bonchev–Trinajstić information content (AvgIpc) is 2.08. The molecule has 0 bridgehead atoms. The molecule has 1 aromatic rings. The minimum absolute atomic E-state index is 0.337. The van der Waals surface area contributed by atoms with Crippen LogP contribution in [0.3, 0.4) is 0 Å². The number of benzene rings is 1. The molecule has 4 heteroatoms. The van der Waals surface area contributed by atoms with Crippen molar-refractivity contribution in [2.24, 2.45) is 0 Å². The third kappa shape index (κ3) is 1.51. The van der Waals surface area contributed by atoms with E-state index in [4.69, 9.17) is 41.4 Å². The standard InChI is InChI=1S/C8H4Cl3N/c1-4-7(10)5(9)3-6(12-2)8(4)11/h3H,1H3. The molecule has 0 aromatic heterocycles. The number of hydrogen-bond acceptors (Lipinski definition) is 0. The molecule has 1 rings (SSSR count). The maximum absolute atomic E-state index is 6.79. The molecule has 12 heavy (non-hydrogen) atoms. The van der Waals surface area contributed by atoms with E-state index in [0.717, 1.165) is 0 Å². The minimum Gasteiger partial charge on any atom is -0.237 e. The molecular weight excluding hydrogens is 216 g/mol. The van der Waals surface area contributed by atoms with E-state index in [1.54, 1.807) is 6.92 Å². The molecular formula is C8H4Cl3N. The topological polar surface area (TPSA) is 4.36 Å². The molecule has 0 aliphatic heterocycles. The van der Waals surface area contributed by atoms with E-state index in [9.17, 15) is 0 Å². The van der Waals surface area contributed by atoms with Crippen LogP contribution >= 0.6 is 34.8 Å². The monoisotopic (exact) mass is 219 g/mol. The van der Waals surface area contributed by atoms with Crippen molar-refractivity contribution in [1.29, 1.82) is 0 Å². The molecule has 0 radical (unpaired) electrons. The first-order valence-corrected chi connectivity index (χ1v) is 4.23. The molecule has 0 atom stereocenters. The first-order valence-electron chi connectivity index (χ1n) is 3.09. The Morgan fingerprint density at radius 1 is 1.25 bits per heavy atom. The van der Waals surface area contributed by atoms with Gasteiger partial charge in [-0.25, -0.2) is 4.85 Å². The second-order valence-corrected chi connectivity index (χ2v) is 3.41. The van der Waals surface area contributed by atoms with Crippen LogP contribution in [-0.2, 0) is 0 Å². The molecule has 1 aromatic carbocycles. The molecule has 0 aliphatic rings. The van der Waals surface area contributed by atoms with Gasteiger partial charge < -0.3 is 0 Å². The Morgan fingerprint density at radius 3 is 2.33 bits per heavy atom. The van der Waals surface area contributed by atoms with Crippen LogP contribution in [0.1, 0.15) is 5.56 Å². The van der Waals surface area contributed by atoms with Crippen LogP contribution < -0.4 is 0 Å². The van der Waals surface area contributed by atoms with Crippen molar-refractivity contribution in [3.63, 3.8) is 0 Å². The Morgan fingerprint density at radius 2 is 1.83 bits per heavy atom. The molecule has 0 N–H and O–H groups in total. The molecule has 0 unspecified atom stereocenters. The fourth-order valence-corrected chi connectivity index (χ4v) is 1.43. The minimum atomic E-state index is 0.337. The van der Waals surface area contributed by atoms with Crippen molar-refractivity contribution < 1.29 is 0 Å². The first kappa shape index (κ1) is 9.67. The van der Waals surface area contributed by atoms with Gasteiger partial charge in [-0.15, -0.1) is 0 Å². The lowest BCUT2D eigenvalue weighted by molar-refractivity contribution is 1.48. The Bertz CT molecular complexity index is 366. The van der Waals surface area contributed by atoms with Crippen LogP contribution in [0.4, 0.5) is 5.69 Å². The van der Waals surface area contributed by atoms with Gasteiger partial charge in [-0.3, -0.25) is 0 Å². The van der Waals surface area contributed by atoms with Crippen molar-refractivity contribution in [3.8, 4) is 0 Å². The number of hydrogen-bond donors (Lipinski definition) is 0. The summed E-state index contributed by atoms with van der Waals surface area (Å²) in [7, 11) is 0. The van der Waals surface area contributed by atoms with Crippen molar-refractivity contribution in [2.75, 3.05) is 0 Å².